The lowest BCUT2D eigenvalue weighted by Crippen LogP contribution is -2.08. The van der Waals surface area contributed by atoms with Crippen molar-refractivity contribution in [3.8, 4) is 11.3 Å². The van der Waals surface area contributed by atoms with Crippen LogP contribution >= 0.6 is 11.6 Å². The van der Waals surface area contributed by atoms with Crippen LogP contribution in [0.5, 0.6) is 0 Å². The highest BCUT2D eigenvalue weighted by molar-refractivity contribution is 6.30. The highest BCUT2D eigenvalue weighted by Crippen LogP contribution is 2.24. The molecule has 6 heteroatoms. The molecule has 1 aromatic heterocycles. The number of ether oxygens (including phenoxy) is 1. The van der Waals surface area contributed by atoms with Crippen LogP contribution < -0.4 is 5.73 Å². The number of benzene rings is 1. The van der Waals surface area contributed by atoms with Gasteiger partial charge in [0.1, 0.15) is 11.5 Å². The van der Waals surface area contributed by atoms with Crippen molar-refractivity contribution in [3.05, 3.63) is 41.2 Å². The molecule has 1 aromatic carbocycles. The molecule has 18 heavy (non-hydrogen) atoms. The van der Waals surface area contributed by atoms with Gasteiger partial charge < -0.3 is 10.5 Å². The van der Waals surface area contributed by atoms with Crippen molar-refractivity contribution < 1.29 is 9.53 Å². The molecule has 2 aromatic rings. The van der Waals surface area contributed by atoms with Gasteiger partial charge in [0.2, 0.25) is 0 Å². The summed E-state index contributed by atoms with van der Waals surface area (Å²) in [7, 11) is 1.28. The van der Waals surface area contributed by atoms with Crippen LogP contribution in [0.3, 0.4) is 0 Å². The second kappa shape index (κ2) is 5.01. The number of rotatable bonds is 2. The lowest BCUT2D eigenvalue weighted by Gasteiger charge is -2.06. The normalized spacial score (nSPS) is 10.1. The molecule has 2 rings (SSSR count). The Hall–Kier alpha value is -2.14. The maximum absolute atomic E-state index is 11.4. The van der Waals surface area contributed by atoms with E-state index in [2.05, 4.69) is 14.7 Å². The van der Waals surface area contributed by atoms with E-state index >= 15 is 0 Å². The molecule has 0 radical (unpaired) electrons. The first kappa shape index (κ1) is 12.3. The summed E-state index contributed by atoms with van der Waals surface area (Å²) in [6.07, 6.45) is 1.27. The Kier molecular flexibility index (Phi) is 3.43. The van der Waals surface area contributed by atoms with Crippen LogP contribution in [0, 0.1) is 0 Å². The lowest BCUT2D eigenvalue weighted by molar-refractivity contribution is 0.0593. The van der Waals surface area contributed by atoms with E-state index in [0.29, 0.717) is 16.3 Å². The van der Waals surface area contributed by atoms with Crippen LogP contribution in [0.2, 0.25) is 5.02 Å². The number of hydrogen-bond acceptors (Lipinski definition) is 5. The third-order valence-electron chi connectivity index (χ3n) is 2.29. The monoisotopic (exact) mass is 263 g/mol. The SMILES string of the molecule is COC(=O)c1cnc(N)c(-c2cccc(Cl)c2)n1. The standard InChI is InChI=1S/C12H10ClN3O2/c1-18-12(17)9-6-15-11(14)10(16-9)7-3-2-4-8(13)5-7/h2-6H,1H3,(H2,14,15). The number of esters is 1. The summed E-state index contributed by atoms with van der Waals surface area (Å²) in [5.74, 6) is -0.337. The first-order chi connectivity index (χ1) is 8.61. The Balaban J connectivity index is 2.53. The van der Waals surface area contributed by atoms with E-state index in [9.17, 15) is 4.79 Å². The first-order valence-electron chi connectivity index (χ1n) is 5.08. The topological polar surface area (TPSA) is 78.1 Å². The van der Waals surface area contributed by atoms with Gasteiger partial charge in [-0.3, -0.25) is 0 Å². The van der Waals surface area contributed by atoms with E-state index in [4.69, 9.17) is 17.3 Å². The van der Waals surface area contributed by atoms with Crippen molar-refractivity contribution in [2.45, 2.75) is 0 Å². The molecule has 0 unspecified atom stereocenters. The molecule has 0 aliphatic rings. The number of hydrogen-bond donors (Lipinski definition) is 1. The summed E-state index contributed by atoms with van der Waals surface area (Å²) in [5, 5.41) is 0.553. The maximum Gasteiger partial charge on any atom is 0.358 e. The smallest absolute Gasteiger partial charge is 0.358 e. The van der Waals surface area contributed by atoms with Crippen LogP contribution in [0.15, 0.2) is 30.5 Å². The van der Waals surface area contributed by atoms with Gasteiger partial charge in [0.15, 0.2) is 5.69 Å². The van der Waals surface area contributed by atoms with E-state index < -0.39 is 5.97 Å². The van der Waals surface area contributed by atoms with Crippen LogP contribution in [0.25, 0.3) is 11.3 Å². The van der Waals surface area contributed by atoms with E-state index in [1.807, 2.05) is 0 Å². The third-order valence-corrected chi connectivity index (χ3v) is 2.53. The highest BCUT2D eigenvalue weighted by Gasteiger charge is 2.13. The van der Waals surface area contributed by atoms with Gasteiger partial charge in [-0.15, -0.1) is 0 Å². The van der Waals surface area contributed by atoms with Crippen LogP contribution in [0.1, 0.15) is 10.5 Å². The predicted octanol–water partition coefficient (Wildman–Crippen LogP) is 2.17. The van der Waals surface area contributed by atoms with Crippen molar-refractivity contribution in [2.75, 3.05) is 12.8 Å². The van der Waals surface area contributed by atoms with E-state index in [1.54, 1.807) is 24.3 Å². The van der Waals surface area contributed by atoms with Crippen molar-refractivity contribution in [1.29, 1.82) is 0 Å². The molecule has 0 spiro atoms. The summed E-state index contributed by atoms with van der Waals surface area (Å²) in [6.45, 7) is 0. The van der Waals surface area contributed by atoms with Gasteiger partial charge in [0, 0.05) is 10.6 Å². The summed E-state index contributed by atoms with van der Waals surface area (Å²) in [5.41, 5.74) is 6.94. The second-order valence-electron chi connectivity index (χ2n) is 3.49. The van der Waals surface area contributed by atoms with Crippen LogP contribution in [-0.4, -0.2) is 23.0 Å². The van der Waals surface area contributed by atoms with E-state index in [0.717, 1.165) is 0 Å². The van der Waals surface area contributed by atoms with Crippen molar-refractivity contribution >= 4 is 23.4 Å². The fourth-order valence-electron chi connectivity index (χ4n) is 1.45. The van der Waals surface area contributed by atoms with E-state index in [-0.39, 0.29) is 11.5 Å². The number of anilines is 1. The molecular weight excluding hydrogens is 254 g/mol. The van der Waals surface area contributed by atoms with Crippen molar-refractivity contribution in [1.82, 2.24) is 9.97 Å². The summed E-state index contributed by atoms with van der Waals surface area (Å²) in [4.78, 5) is 19.4. The molecule has 0 aliphatic heterocycles. The van der Waals surface area contributed by atoms with Crippen LogP contribution in [0.4, 0.5) is 5.82 Å². The average molecular weight is 264 g/mol. The quantitative estimate of drug-likeness (QED) is 0.840. The maximum atomic E-state index is 11.4. The predicted molar refractivity (Wildman–Crippen MR) is 68.2 cm³/mol. The number of nitrogen functional groups attached to an aromatic ring is 1. The van der Waals surface area contributed by atoms with Gasteiger partial charge in [-0.1, -0.05) is 23.7 Å². The number of halogens is 1. The number of methoxy groups -OCH3 is 1. The Bertz CT molecular complexity index is 602. The number of nitrogens with two attached hydrogens (primary N) is 1. The number of aromatic nitrogens is 2. The van der Waals surface area contributed by atoms with Gasteiger partial charge in [0.25, 0.3) is 0 Å². The molecule has 0 aliphatic carbocycles. The molecule has 1 heterocycles. The van der Waals surface area contributed by atoms with Crippen molar-refractivity contribution in [2.24, 2.45) is 0 Å². The molecule has 0 fully saturated rings. The zero-order valence-corrected chi connectivity index (χ0v) is 10.3. The second-order valence-corrected chi connectivity index (χ2v) is 3.93. The molecular formula is C12H10ClN3O2. The van der Waals surface area contributed by atoms with Gasteiger partial charge >= 0.3 is 5.97 Å². The minimum Gasteiger partial charge on any atom is -0.464 e. The lowest BCUT2D eigenvalue weighted by atomic mass is 10.1. The summed E-state index contributed by atoms with van der Waals surface area (Å²) < 4.78 is 4.58. The fourth-order valence-corrected chi connectivity index (χ4v) is 1.64. The van der Waals surface area contributed by atoms with Gasteiger partial charge in [-0.2, -0.15) is 0 Å². The number of carbonyl (C=O) groups excluding carboxylic acids is 1. The highest BCUT2D eigenvalue weighted by atomic mass is 35.5. The molecule has 5 nitrogen and oxygen atoms in total. The molecule has 2 N–H and O–H groups in total. The molecule has 0 atom stereocenters. The molecule has 0 amide bonds. The zero-order chi connectivity index (χ0) is 13.1. The van der Waals surface area contributed by atoms with Gasteiger partial charge in [-0.25, -0.2) is 14.8 Å². The molecule has 0 saturated heterocycles. The Labute approximate surface area is 109 Å². The van der Waals surface area contributed by atoms with Crippen LogP contribution in [-0.2, 0) is 4.74 Å². The molecule has 0 bridgehead atoms. The van der Waals surface area contributed by atoms with Crippen molar-refractivity contribution in [3.63, 3.8) is 0 Å². The summed E-state index contributed by atoms with van der Waals surface area (Å²) >= 11 is 5.90. The number of carbonyl (C=O) groups is 1. The summed E-state index contributed by atoms with van der Waals surface area (Å²) in [6, 6.07) is 6.98. The zero-order valence-electron chi connectivity index (χ0n) is 9.55. The Morgan fingerprint density at radius 3 is 2.89 bits per heavy atom. The first-order valence-corrected chi connectivity index (χ1v) is 5.46. The minimum absolute atomic E-state index is 0.0988. The minimum atomic E-state index is -0.564. The van der Waals surface area contributed by atoms with Gasteiger partial charge in [0.05, 0.1) is 13.3 Å². The Morgan fingerprint density at radius 2 is 2.22 bits per heavy atom. The van der Waals surface area contributed by atoms with E-state index in [1.165, 1.54) is 13.3 Å². The van der Waals surface area contributed by atoms with Gasteiger partial charge in [-0.05, 0) is 12.1 Å². The third kappa shape index (κ3) is 2.41. The fraction of sp³-hybridized carbons (Fsp3) is 0.0833. The number of nitrogens with zero attached hydrogens (tertiary/aromatic N) is 2. The Morgan fingerprint density at radius 1 is 1.44 bits per heavy atom. The molecule has 0 saturated carbocycles. The molecule has 92 valence electrons. The largest absolute Gasteiger partial charge is 0.464 e. The average Bonchev–Trinajstić information content (AvgIpc) is 2.38.